The molecule has 0 saturated carbocycles. The monoisotopic (exact) mass is 258 g/mol. The van der Waals surface area contributed by atoms with Crippen LogP contribution in [0.1, 0.15) is 36.8 Å². The quantitative estimate of drug-likeness (QED) is 0.813. The molecule has 3 heteroatoms. The molecule has 2 N–H and O–H groups in total. The number of aliphatic carboxylic acids is 1. The predicted octanol–water partition coefficient (Wildman–Crippen LogP) is 3.24. The highest BCUT2D eigenvalue weighted by Crippen LogP contribution is 2.47. The van der Waals surface area contributed by atoms with Crippen molar-refractivity contribution in [2.24, 2.45) is 5.41 Å². The van der Waals surface area contributed by atoms with E-state index in [2.05, 4.69) is 24.3 Å². The van der Waals surface area contributed by atoms with Crippen molar-refractivity contribution in [1.29, 1.82) is 0 Å². The van der Waals surface area contributed by atoms with E-state index in [1.54, 1.807) is 0 Å². The third-order valence-corrected chi connectivity index (χ3v) is 4.66. The number of aliphatic hydroxyl groups is 1. The summed E-state index contributed by atoms with van der Waals surface area (Å²) in [5, 5.41) is 19.0. The lowest BCUT2D eigenvalue weighted by molar-refractivity contribution is -0.133. The van der Waals surface area contributed by atoms with Crippen molar-refractivity contribution in [2.75, 3.05) is 0 Å². The molecular weight excluding hydrogens is 240 g/mol. The third kappa shape index (κ3) is 2.14. The van der Waals surface area contributed by atoms with Crippen LogP contribution in [0.5, 0.6) is 0 Å². The molecule has 0 heterocycles. The number of hydrogen-bond donors (Lipinski definition) is 2. The van der Waals surface area contributed by atoms with Gasteiger partial charge in [-0.05, 0) is 48.6 Å². The third-order valence-electron chi connectivity index (χ3n) is 4.66. The molecule has 0 fully saturated rings. The highest BCUT2D eigenvalue weighted by molar-refractivity contribution is 5.87. The standard InChI is InChI=1S/C16H18O3/c17-14-10-16(8-6-13(14)15(18)19)7-5-11-3-1-2-4-12(11)9-16/h1-4,17H,5-10H2,(H,18,19)/t16-/m0/s1. The van der Waals surface area contributed by atoms with E-state index in [0.29, 0.717) is 12.8 Å². The Balaban J connectivity index is 1.87. The highest BCUT2D eigenvalue weighted by Gasteiger charge is 2.39. The van der Waals surface area contributed by atoms with Crippen LogP contribution in [0.15, 0.2) is 35.6 Å². The smallest absolute Gasteiger partial charge is 0.334 e. The molecule has 0 aliphatic heterocycles. The lowest BCUT2D eigenvalue weighted by Crippen LogP contribution is -2.33. The van der Waals surface area contributed by atoms with Crippen LogP contribution in [0.3, 0.4) is 0 Å². The molecule has 0 amide bonds. The number of carboxylic acid groups (broad SMARTS) is 1. The molecule has 1 spiro atoms. The summed E-state index contributed by atoms with van der Waals surface area (Å²) < 4.78 is 0. The summed E-state index contributed by atoms with van der Waals surface area (Å²) in [5.74, 6) is -0.873. The fourth-order valence-electron chi connectivity index (χ4n) is 3.55. The normalized spacial score (nSPS) is 26.3. The number of benzene rings is 1. The van der Waals surface area contributed by atoms with Gasteiger partial charge in [0.05, 0.1) is 5.57 Å². The zero-order valence-electron chi connectivity index (χ0n) is 10.9. The lowest BCUT2D eigenvalue weighted by atomic mass is 9.64. The van der Waals surface area contributed by atoms with Gasteiger partial charge in [0.15, 0.2) is 0 Å². The van der Waals surface area contributed by atoms with Crippen LogP contribution in [0, 0.1) is 5.41 Å². The maximum atomic E-state index is 11.0. The summed E-state index contributed by atoms with van der Waals surface area (Å²) in [4.78, 5) is 11.0. The van der Waals surface area contributed by atoms with Gasteiger partial charge in [0.25, 0.3) is 0 Å². The van der Waals surface area contributed by atoms with Crippen LogP contribution in [0.25, 0.3) is 0 Å². The van der Waals surface area contributed by atoms with E-state index in [4.69, 9.17) is 5.11 Å². The molecular formula is C16H18O3. The summed E-state index contributed by atoms with van der Waals surface area (Å²) in [6.07, 6.45) is 4.91. The molecule has 3 rings (SSSR count). The average Bonchev–Trinajstić information content (AvgIpc) is 2.38. The molecule has 0 unspecified atom stereocenters. The number of carbonyl (C=O) groups is 1. The first-order valence-corrected chi connectivity index (χ1v) is 6.81. The fourth-order valence-corrected chi connectivity index (χ4v) is 3.55. The lowest BCUT2D eigenvalue weighted by Gasteiger charge is -2.41. The van der Waals surface area contributed by atoms with Gasteiger partial charge in [-0.3, -0.25) is 0 Å². The minimum absolute atomic E-state index is 0.0669. The summed E-state index contributed by atoms with van der Waals surface area (Å²) in [6.45, 7) is 0. The van der Waals surface area contributed by atoms with E-state index in [-0.39, 0.29) is 16.7 Å². The number of aliphatic hydroxyl groups excluding tert-OH is 1. The molecule has 19 heavy (non-hydrogen) atoms. The molecule has 0 bridgehead atoms. The number of fused-ring (bicyclic) bond motifs is 1. The fraction of sp³-hybridized carbons (Fsp3) is 0.438. The molecule has 100 valence electrons. The summed E-state index contributed by atoms with van der Waals surface area (Å²) in [5.41, 5.74) is 3.04. The second-order valence-corrected chi connectivity index (χ2v) is 5.85. The maximum Gasteiger partial charge on any atom is 0.334 e. The van der Waals surface area contributed by atoms with Crippen LogP contribution in [-0.2, 0) is 17.6 Å². The number of rotatable bonds is 1. The van der Waals surface area contributed by atoms with Crippen LogP contribution >= 0.6 is 0 Å². The van der Waals surface area contributed by atoms with Crippen LogP contribution < -0.4 is 0 Å². The van der Waals surface area contributed by atoms with Gasteiger partial charge in [0.1, 0.15) is 5.76 Å². The van der Waals surface area contributed by atoms with Crippen molar-refractivity contribution in [3.05, 3.63) is 46.7 Å². The first-order valence-electron chi connectivity index (χ1n) is 6.81. The Morgan fingerprint density at radius 3 is 2.42 bits per heavy atom. The summed E-state index contributed by atoms with van der Waals surface area (Å²) in [7, 11) is 0. The van der Waals surface area contributed by atoms with E-state index in [1.165, 1.54) is 11.1 Å². The molecule has 0 aromatic heterocycles. The van der Waals surface area contributed by atoms with E-state index in [0.717, 1.165) is 25.7 Å². The van der Waals surface area contributed by atoms with E-state index in [9.17, 15) is 9.90 Å². The number of hydrogen-bond acceptors (Lipinski definition) is 2. The Kier molecular flexibility index (Phi) is 2.85. The van der Waals surface area contributed by atoms with Crippen molar-refractivity contribution >= 4 is 5.97 Å². The molecule has 0 saturated heterocycles. The van der Waals surface area contributed by atoms with E-state index in [1.807, 2.05) is 0 Å². The first kappa shape index (κ1) is 12.3. The number of aryl methyl sites for hydroxylation is 1. The van der Waals surface area contributed by atoms with Gasteiger partial charge in [0, 0.05) is 6.42 Å². The second kappa shape index (κ2) is 4.41. The van der Waals surface area contributed by atoms with E-state index >= 15 is 0 Å². The van der Waals surface area contributed by atoms with Gasteiger partial charge in [0.2, 0.25) is 0 Å². The van der Waals surface area contributed by atoms with Crippen LogP contribution in [-0.4, -0.2) is 16.2 Å². The Bertz CT molecular complexity index is 559. The van der Waals surface area contributed by atoms with Crippen molar-refractivity contribution in [3.63, 3.8) is 0 Å². The average molecular weight is 258 g/mol. The van der Waals surface area contributed by atoms with Gasteiger partial charge in [-0.1, -0.05) is 24.3 Å². The highest BCUT2D eigenvalue weighted by atomic mass is 16.4. The summed E-state index contributed by atoms with van der Waals surface area (Å²) >= 11 is 0. The molecule has 1 aromatic carbocycles. The van der Waals surface area contributed by atoms with Crippen LogP contribution in [0.2, 0.25) is 0 Å². The Morgan fingerprint density at radius 1 is 1.05 bits per heavy atom. The Morgan fingerprint density at radius 2 is 1.74 bits per heavy atom. The zero-order valence-corrected chi connectivity index (χ0v) is 10.9. The largest absolute Gasteiger partial charge is 0.512 e. The minimum atomic E-state index is -0.969. The zero-order chi connectivity index (χ0) is 13.5. The summed E-state index contributed by atoms with van der Waals surface area (Å²) in [6, 6.07) is 8.45. The Labute approximate surface area is 112 Å². The number of allylic oxidation sites excluding steroid dienone is 1. The van der Waals surface area contributed by atoms with Crippen LogP contribution in [0.4, 0.5) is 0 Å². The molecule has 1 atom stereocenters. The van der Waals surface area contributed by atoms with Crippen molar-refractivity contribution in [1.82, 2.24) is 0 Å². The number of carboxylic acids is 1. The second-order valence-electron chi connectivity index (χ2n) is 5.85. The minimum Gasteiger partial charge on any atom is -0.512 e. The molecule has 0 radical (unpaired) electrons. The molecule has 2 aliphatic rings. The van der Waals surface area contributed by atoms with Crippen molar-refractivity contribution in [2.45, 2.75) is 38.5 Å². The van der Waals surface area contributed by atoms with Crippen molar-refractivity contribution < 1.29 is 15.0 Å². The SMILES string of the molecule is O=C(O)C1=C(O)C[C@]2(CC1)CCc1ccccc1C2. The maximum absolute atomic E-state index is 11.0. The predicted molar refractivity (Wildman–Crippen MR) is 72.0 cm³/mol. The van der Waals surface area contributed by atoms with Gasteiger partial charge in [-0.25, -0.2) is 4.79 Å². The Hall–Kier alpha value is -1.77. The van der Waals surface area contributed by atoms with Gasteiger partial charge in [-0.2, -0.15) is 0 Å². The van der Waals surface area contributed by atoms with Gasteiger partial charge >= 0.3 is 5.97 Å². The first-order chi connectivity index (χ1) is 9.10. The molecule has 2 aliphatic carbocycles. The molecule has 1 aromatic rings. The van der Waals surface area contributed by atoms with Gasteiger partial charge < -0.3 is 10.2 Å². The van der Waals surface area contributed by atoms with Gasteiger partial charge in [-0.15, -0.1) is 0 Å². The van der Waals surface area contributed by atoms with E-state index < -0.39 is 5.97 Å². The molecule has 3 nitrogen and oxygen atoms in total. The topological polar surface area (TPSA) is 57.5 Å². The van der Waals surface area contributed by atoms with Crippen molar-refractivity contribution in [3.8, 4) is 0 Å².